The molecule has 5 heteroatoms. The second-order valence-electron chi connectivity index (χ2n) is 4.72. The van der Waals surface area contributed by atoms with Gasteiger partial charge in [-0.25, -0.2) is 4.98 Å². The van der Waals surface area contributed by atoms with E-state index in [9.17, 15) is 4.79 Å². The Hall–Kier alpha value is -2.07. The molecule has 0 saturated heterocycles. The van der Waals surface area contributed by atoms with E-state index >= 15 is 0 Å². The highest BCUT2D eigenvalue weighted by atomic mass is 35.5. The molecule has 1 heterocycles. The first-order valence-corrected chi connectivity index (χ1v) is 6.56. The average molecular weight is 290 g/mol. The smallest absolute Gasteiger partial charge is 0.255 e. The van der Waals surface area contributed by atoms with Crippen LogP contribution >= 0.6 is 11.6 Å². The topological polar surface area (TPSA) is 45.2 Å². The van der Waals surface area contributed by atoms with E-state index in [1.165, 1.54) is 0 Å². The number of pyridine rings is 1. The third kappa shape index (κ3) is 3.48. The molecule has 104 valence electrons. The largest absolute Gasteiger partial charge is 0.378 e. The van der Waals surface area contributed by atoms with E-state index in [0.29, 0.717) is 16.4 Å². The molecule has 0 aliphatic heterocycles. The summed E-state index contributed by atoms with van der Waals surface area (Å²) in [7, 11) is 3.94. The van der Waals surface area contributed by atoms with Crippen LogP contribution in [-0.4, -0.2) is 25.0 Å². The third-order valence-corrected chi connectivity index (χ3v) is 3.02. The zero-order valence-electron chi connectivity index (χ0n) is 11.6. The lowest BCUT2D eigenvalue weighted by atomic mass is 10.2. The van der Waals surface area contributed by atoms with Gasteiger partial charge < -0.3 is 10.2 Å². The van der Waals surface area contributed by atoms with E-state index in [0.717, 1.165) is 11.4 Å². The summed E-state index contributed by atoms with van der Waals surface area (Å²) in [5.41, 5.74) is 3.03. The maximum atomic E-state index is 12.1. The van der Waals surface area contributed by atoms with E-state index in [2.05, 4.69) is 10.3 Å². The fourth-order valence-electron chi connectivity index (χ4n) is 1.81. The number of carbonyl (C=O) groups is 1. The minimum absolute atomic E-state index is 0.199. The lowest BCUT2D eigenvalue weighted by Crippen LogP contribution is -2.13. The Labute approximate surface area is 123 Å². The van der Waals surface area contributed by atoms with Crippen molar-refractivity contribution in [1.29, 1.82) is 0 Å². The van der Waals surface area contributed by atoms with Crippen LogP contribution in [0, 0.1) is 6.92 Å². The molecule has 0 aliphatic carbocycles. The average Bonchev–Trinajstić information content (AvgIpc) is 2.38. The number of amides is 1. The summed E-state index contributed by atoms with van der Waals surface area (Å²) in [5.74, 6) is -0.199. The second-order valence-corrected chi connectivity index (χ2v) is 5.10. The molecule has 4 nitrogen and oxygen atoms in total. The lowest BCUT2D eigenvalue weighted by Gasteiger charge is -2.13. The summed E-state index contributed by atoms with van der Waals surface area (Å²) in [6.07, 6.45) is 0. The molecule has 2 rings (SSSR count). The number of aryl methyl sites for hydroxylation is 1. The minimum Gasteiger partial charge on any atom is -0.378 e. The molecular formula is C15H16ClN3O. The minimum atomic E-state index is -0.199. The molecule has 2 aromatic rings. The van der Waals surface area contributed by atoms with Gasteiger partial charge in [0.25, 0.3) is 5.91 Å². The molecule has 1 amide bonds. The van der Waals surface area contributed by atoms with Crippen molar-refractivity contribution in [3.63, 3.8) is 0 Å². The Morgan fingerprint density at radius 2 is 1.85 bits per heavy atom. The van der Waals surface area contributed by atoms with Gasteiger partial charge in [-0.05, 0) is 43.3 Å². The molecular weight excluding hydrogens is 274 g/mol. The number of aromatic nitrogens is 1. The first kappa shape index (κ1) is 14.3. The summed E-state index contributed by atoms with van der Waals surface area (Å²) in [6.45, 7) is 1.80. The van der Waals surface area contributed by atoms with Crippen molar-refractivity contribution >= 4 is 28.9 Å². The number of hydrogen-bond donors (Lipinski definition) is 1. The second kappa shape index (κ2) is 5.92. The molecule has 1 aromatic carbocycles. The summed E-state index contributed by atoms with van der Waals surface area (Å²) >= 11 is 5.86. The van der Waals surface area contributed by atoms with E-state index < -0.39 is 0 Å². The zero-order chi connectivity index (χ0) is 14.7. The number of benzene rings is 1. The highest BCUT2D eigenvalue weighted by Gasteiger charge is 2.08. The maximum Gasteiger partial charge on any atom is 0.255 e. The van der Waals surface area contributed by atoms with Gasteiger partial charge in [0.1, 0.15) is 5.15 Å². The molecule has 1 aromatic heterocycles. The van der Waals surface area contributed by atoms with Crippen molar-refractivity contribution in [3.05, 3.63) is 52.8 Å². The molecule has 0 spiro atoms. The predicted octanol–water partition coefficient (Wildman–Crippen LogP) is 3.36. The molecule has 20 heavy (non-hydrogen) atoms. The highest BCUT2D eigenvalue weighted by molar-refractivity contribution is 6.29. The van der Waals surface area contributed by atoms with Crippen LogP contribution in [0.1, 0.15) is 16.1 Å². The number of rotatable bonds is 3. The molecule has 0 unspecified atom stereocenters. The molecule has 1 N–H and O–H groups in total. The molecule has 0 bridgehead atoms. The molecule has 0 saturated carbocycles. The van der Waals surface area contributed by atoms with Gasteiger partial charge in [0.2, 0.25) is 0 Å². The lowest BCUT2D eigenvalue weighted by molar-refractivity contribution is 0.102. The summed E-state index contributed by atoms with van der Waals surface area (Å²) in [4.78, 5) is 18.2. The molecule has 0 radical (unpaired) electrons. The number of anilines is 2. The maximum absolute atomic E-state index is 12.1. The Bertz CT molecular complexity index is 603. The van der Waals surface area contributed by atoms with Gasteiger partial charge >= 0.3 is 0 Å². The van der Waals surface area contributed by atoms with Crippen LogP contribution in [0.25, 0.3) is 0 Å². The van der Waals surface area contributed by atoms with E-state index in [4.69, 9.17) is 11.6 Å². The fourth-order valence-corrected chi connectivity index (χ4v) is 2.06. The van der Waals surface area contributed by atoms with Crippen molar-refractivity contribution in [3.8, 4) is 0 Å². The summed E-state index contributed by atoms with van der Waals surface area (Å²) < 4.78 is 0. The Balaban J connectivity index is 2.14. The van der Waals surface area contributed by atoms with Gasteiger partial charge in [0.05, 0.1) is 0 Å². The van der Waals surface area contributed by atoms with Gasteiger partial charge in [-0.3, -0.25) is 4.79 Å². The Kier molecular flexibility index (Phi) is 4.25. The highest BCUT2D eigenvalue weighted by Crippen LogP contribution is 2.17. The van der Waals surface area contributed by atoms with E-state index in [-0.39, 0.29) is 5.91 Å². The van der Waals surface area contributed by atoms with Crippen LogP contribution in [-0.2, 0) is 0 Å². The van der Waals surface area contributed by atoms with Crippen LogP contribution < -0.4 is 10.2 Å². The van der Waals surface area contributed by atoms with Gasteiger partial charge in [0, 0.05) is 36.7 Å². The van der Waals surface area contributed by atoms with Crippen LogP contribution in [0.15, 0.2) is 36.4 Å². The van der Waals surface area contributed by atoms with Gasteiger partial charge in [0.15, 0.2) is 0 Å². The monoisotopic (exact) mass is 289 g/mol. The fraction of sp³-hybridized carbons (Fsp3) is 0.200. The zero-order valence-corrected chi connectivity index (χ0v) is 12.4. The normalized spacial score (nSPS) is 10.2. The Morgan fingerprint density at radius 1 is 1.20 bits per heavy atom. The van der Waals surface area contributed by atoms with E-state index in [1.807, 2.05) is 43.3 Å². The number of nitrogens with zero attached hydrogens (tertiary/aromatic N) is 2. The summed E-state index contributed by atoms with van der Waals surface area (Å²) in [5, 5.41) is 3.15. The van der Waals surface area contributed by atoms with Crippen molar-refractivity contribution in [2.24, 2.45) is 0 Å². The molecule has 0 fully saturated rings. The molecule has 0 atom stereocenters. The van der Waals surface area contributed by atoms with Crippen molar-refractivity contribution in [2.75, 3.05) is 24.3 Å². The number of hydrogen-bond acceptors (Lipinski definition) is 3. The number of carbonyl (C=O) groups excluding carboxylic acids is 1. The number of nitrogens with one attached hydrogen (secondary N) is 1. The quantitative estimate of drug-likeness (QED) is 0.881. The number of halogens is 1. The first-order valence-electron chi connectivity index (χ1n) is 6.18. The van der Waals surface area contributed by atoms with Crippen molar-refractivity contribution in [2.45, 2.75) is 6.92 Å². The van der Waals surface area contributed by atoms with Crippen LogP contribution in [0.4, 0.5) is 11.4 Å². The van der Waals surface area contributed by atoms with Crippen LogP contribution in [0.3, 0.4) is 0 Å². The van der Waals surface area contributed by atoms with Gasteiger partial charge in [-0.1, -0.05) is 11.6 Å². The van der Waals surface area contributed by atoms with Crippen molar-refractivity contribution < 1.29 is 4.79 Å². The Morgan fingerprint density at radius 3 is 2.40 bits per heavy atom. The SMILES string of the molecule is Cc1cc(C(=O)Nc2ccc(N(C)C)cc2)cc(Cl)n1. The summed E-state index contributed by atoms with van der Waals surface area (Å²) in [6, 6.07) is 10.9. The van der Waals surface area contributed by atoms with Gasteiger partial charge in [-0.2, -0.15) is 0 Å². The van der Waals surface area contributed by atoms with Crippen LogP contribution in [0.5, 0.6) is 0 Å². The van der Waals surface area contributed by atoms with E-state index in [1.54, 1.807) is 19.1 Å². The predicted molar refractivity (Wildman–Crippen MR) is 82.7 cm³/mol. The molecule has 0 aliphatic rings. The third-order valence-electron chi connectivity index (χ3n) is 2.83. The first-order chi connectivity index (χ1) is 9.45. The van der Waals surface area contributed by atoms with Crippen molar-refractivity contribution in [1.82, 2.24) is 4.98 Å². The van der Waals surface area contributed by atoms with Gasteiger partial charge in [-0.15, -0.1) is 0 Å². The van der Waals surface area contributed by atoms with Crippen LogP contribution in [0.2, 0.25) is 5.15 Å². The standard InChI is InChI=1S/C15H16ClN3O/c1-10-8-11(9-14(16)17-10)15(20)18-12-4-6-13(7-5-12)19(2)3/h4-9H,1-3H3,(H,18,20).